The average molecular weight is 405 g/mol. The van der Waals surface area contributed by atoms with E-state index in [1.165, 1.54) is 6.07 Å². The number of hydrogen-bond acceptors (Lipinski definition) is 4. The molecule has 2 N–H and O–H groups in total. The van der Waals surface area contributed by atoms with Crippen molar-refractivity contribution in [1.29, 1.82) is 0 Å². The fourth-order valence-corrected chi connectivity index (χ4v) is 3.92. The molecule has 2 aromatic heterocycles. The predicted molar refractivity (Wildman–Crippen MR) is 114 cm³/mol. The maximum atomic E-state index is 13.5. The fraction of sp³-hybridized carbons (Fsp3) is 0.217. The van der Waals surface area contributed by atoms with Crippen LogP contribution >= 0.6 is 0 Å². The van der Waals surface area contributed by atoms with Crippen molar-refractivity contribution in [2.75, 3.05) is 18.4 Å². The van der Waals surface area contributed by atoms with Gasteiger partial charge in [0.1, 0.15) is 0 Å². The van der Waals surface area contributed by atoms with E-state index in [0.29, 0.717) is 11.7 Å². The molecule has 1 saturated heterocycles. The zero-order valence-electron chi connectivity index (χ0n) is 16.3. The summed E-state index contributed by atoms with van der Waals surface area (Å²) in [5.74, 6) is -1.75. The summed E-state index contributed by atoms with van der Waals surface area (Å²) in [6.07, 6.45) is 7.86. The van der Waals surface area contributed by atoms with Crippen LogP contribution in [0.2, 0.25) is 0 Å². The molecule has 152 valence electrons. The van der Waals surface area contributed by atoms with Crippen molar-refractivity contribution in [1.82, 2.24) is 20.1 Å². The number of pyridine rings is 1. The summed E-state index contributed by atoms with van der Waals surface area (Å²) < 4.78 is 28.8. The molecule has 0 bridgehead atoms. The number of piperidine rings is 1. The Morgan fingerprint density at radius 3 is 2.67 bits per heavy atom. The van der Waals surface area contributed by atoms with Gasteiger partial charge in [-0.2, -0.15) is 5.10 Å². The van der Waals surface area contributed by atoms with Crippen molar-refractivity contribution in [3.05, 3.63) is 72.7 Å². The van der Waals surface area contributed by atoms with Gasteiger partial charge in [0.2, 0.25) is 0 Å². The SMILES string of the molecule is Fc1ccc(Nc2ccnc3cc(-c4cnn(C5CCNCC5)c4)ccc23)cc1F. The van der Waals surface area contributed by atoms with Crippen LogP contribution in [-0.4, -0.2) is 27.9 Å². The quantitative estimate of drug-likeness (QED) is 0.499. The minimum atomic E-state index is -0.883. The van der Waals surface area contributed by atoms with Crippen LogP contribution in [0.25, 0.3) is 22.0 Å². The Kier molecular flexibility index (Phi) is 4.88. The van der Waals surface area contributed by atoms with E-state index in [9.17, 15) is 8.78 Å². The minimum absolute atomic E-state index is 0.436. The molecule has 0 amide bonds. The lowest BCUT2D eigenvalue weighted by atomic mass is 10.1. The molecule has 0 aliphatic carbocycles. The lowest BCUT2D eigenvalue weighted by Gasteiger charge is -2.22. The predicted octanol–water partition coefficient (Wildman–Crippen LogP) is 5.04. The second kappa shape index (κ2) is 7.84. The maximum absolute atomic E-state index is 13.5. The number of benzene rings is 2. The van der Waals surface area contributed by atoms with Crippen LogP contribution in [0.1, 0.15) is 18.9 Å². The van der Waals surface area contributed by atoms with Gasteiger partial charge in [0.25, 0.3) is 0 Å². The van der Waals surface area contributed by atoms with E-state index in [4.69, 9.17) is 0 Å². The third-order valence-electron chi connectivity index (χ3n) is 5.56. The summed E-state index contributed by atoms with van der Waals surface area (Å²) in [6, 6.07) is 12.1. The number of fused-ring (bicyclic) bond motifs is 1. The highest BCUT2D eigenvalue weighted by molar-refractivity contribution is 5.95. The molecule has 30 heavy (non-hydrogen) atoms. The number of hydrogen-bond donors (Lipinski definition) is 2. The topological polar surface area (TPSA) is 54.8 Å². The van der Waals surface area contributed by atoms with Crippen LogP contribution < -0.4 is 10.6 Å². The summed E-state index contributed by atoms with van der Waals surface area (Å²) in [5, 5.41) is 12.0. The van der Waals surface area contributed by atoms with Crippen LogP contribution in [0.15, 0.2) is 61.1 Å². The van der Waals surface area contributed by atoms with E-state index < -0.39 is 11.6 Å². The van der Waals surface area contributed by atoms with E-state index in [2.05, 4.69) is 31.6 Å². The molecular weight excluding hydrogens is 384 g/mol. The Labute approximate surface area is 172 Å². The summed E-state index contributed by atoms with van der Waals surface area (Å²) in [7, 11) is 0. The van der Waals surface area contributed by atoms with E-state index in [0.717, 1.165) is 65.8 Å². The summed E-state index contributed by atoms with van der Waals surface area (Å²) in [6.45, 7) is 2.04. The Hall–Kier alpha value is -3.32. The van der Waals surface area contributed by atoms with Gasteiger partial charge in [-0.1, -0.05) is 12.1 Å². The molecule has 3 heterocycles. The third kappa shape index (κ3) is 3.64. The van der Waals surface area contributed by atoms with Gasteiger partial charge in [0.05, 0.1) is 17.8 Å². The maximum Gasteiger partial charge on any atom is 0.160 e. The van der Waals surface area contributed by atoms with E-state index in [1.54, 1.807) is 6.20 Å². The smallest absolute Gasteiger partial charge is 0.160 e. The minimum Gasteiger partial charge on any atom is -0.355 e. The molecule has 2 aromatic carbocycles. The largest absolute Gasteiger partial charge is 0.355 e. The third-order valence-corrected chi connectivity index (χ3v) is 5.56. The molecule has 5 rings (SSSR count). The van der Waals surface area contributed by atoms with Gasteiger partial charge in [-0.25, -0.2) is 8.78 Å². The van der Waals surface area contributed by atoms with Gasteiger partial charge in [-0.05, 0) is 55.8 Å². The second-order valence-electron chi connectivity index (χ2n) is 7.53. The summed E-state index contributed by atoms with van der Waals surface area (Å²) in [4.78, 5) is 4.49. The molecule has 0 spiro atoms. The molecule has 4 aromatic rings. The van der Waals surface area contributed by atoms with Crippen molar-refractivity contribution < 1.29 is 8.78 Å². The first kappa shape index (κ1) is 18.7. The van der Waals surface area contributed by atoms with Crippen molar-refractivity contribution in [2.45, 2.75) is 18.9 Å². The summed E-state index contributed by atoms with van der Waals surface area (Å²) in [5.41, 5.74) is 4.17. The van der Waals surface area contributed by atoms with Crippen molar-refractivity contribution in [2.24, 2.45) is 0 Å². The molecule has 5 nitrogen and oxygen atoms in total. The van der Waals surface area contributed by atoms with Crippen molar-refractivity contribution >= 4 is 22.3 Å². The molecule has 1 fully saturated rings. The lowest BCUT2D eigenvalue weighted by Crippen LogP contribution is -2.29. The Balaban J connectivity index is 1.44. The van der Waals surface area contributed by atoms with Crippen LogP contribution in [0.5, 0.6) is 0 Å². The zero-order chi connectivity index (χ0) is 20.5. The molecule has 0 radical (unpaired) electrons. The molecule has 0 saturated carbocycles. The highest BCUT2D eigenvalue weighted by Gasteiger charge is 2.16. The number of nitrogens with zero attached hydrogens (tertiary/aromatic N) is 3. The highest BCUT2D eigenvalue weighted by Crippen LogP contribution is 2.30. The highest BCUT2D eigenvalue weighted by atomic mass is 19.2. The van der Waals surface area contributed by atoms with Crippen LogP contribution in [0, 0.1) is 11.6 Å². The molecular formula is C23H21F2N5. The van der Waals surface area contributed by atoms with Crippen molar-refractivity contribution in [3.63, 3.8) is 0 Å². The number of aromatic nitrogens is 3. The summed E-state index contributed by atoms with van der Waals surface area (Å²) >= 11 is 0. The molecule has 0 unspecified atom stereocenters. The molecule has 1 aliphatic rings. The molecule has 1 aliphatic heterocycles. The van der Waals surface area contributed by atoms with Crippen LogP contribution in [-0.2, 0) is 0 Å². The van der Waals surface area contributed by atoms with Crippen LogP contribution in [0.4, 0.5) is 20.2 Å². The molecule has 0 atom stereocenters. The molecule has 7 heteroatoms. The zero-order valence-corrected chi connectivity index (χ0v) is 16.3. The Morgan fingerprint density at radius 2 is 1.83 bits per heavy atom. The normalized spacial score (nSPS) is 14.9. The lowest BCUT2D eigenvalue weighted by molar-refractivity contribution is 0.343. The van der Waals surface area contributed by atoms with Gasteiger partial charge >= 0.3 is 0 Å². The van der Waals surface area contributed by atoms with Gasteiger partial charge in [0, 0.05) is 40.8 Å². The van der Waals surface area contributed by atoms with Gasteiger partial charge in [-0.15, -0.1) is 0 Å². The average Bonchev–Trinajstić information content (AvgIpc) is 3.27. The second-order valence-corrected chi connectivity index (χ2v) is 7.53. The Bertz CT molecular complexity index is 1200. The van der Waals surface area contributed by atoms with E-state index >= 15 is 0 Å². The first-order valence-corrected chi connectivity index (χ1v) is 10.0. The van der Waals surface area contributed by atoms with Gasteiger partial charge in [-0.3, -0.25) is 9.67 Å². The first-order chi connectivity index (χ1) is 14.7. The van der Waals surface area contributed by atoms with Crippen LogP contribution in [0.3, 0.4) is 0 Å². The van der Waals surface area contributed by atoms with Gasteiger partial charge < -0.3 is 10.6 Å². The van der Waals surface area contributed by atoms with E-state index in [-0.39, 0.29) is 0 Å². The number of nitrogens with one attached hydrogen (secondary N) is 2. The monoisotopic (exact) mass is 405 g/mol. The van der Waals surface area contributed by atoms with Gasteiger partial charge in [0.15, 0.2) is 11.6 Å². The standard InChI is InChI=1S/C23H21F2N5/c24-20-4-2-17(12-21(20)25)29-22-7-10-27-23-11-15(1-3-19(22)23)16-13-28-30(14-16)18-5-8-26-9-6-18/h1-4,7,10-14,18,26H,5-6,8-9H2,(H,27,29). The van der Waals surface area contributed by atoms with E-state index in [1.807, 2.05) is 30.5 Å². The number of anilines is 2. The first-order valence-electron chi connectivity index (χ1n) is 10.0. The number of halogens is 2. The Morgan fingerprint density at radius 1 is 0.967 bits per heavy atom. The number of rotatable bonds is 4. The fourth-order valence-electron chi connectivity index (χ4n) is 3.92. The van der Waals surface area contributed by atoms with Crippen molar-refractivity contribution in [3.8, 4) is 11.1 Å².